The first-order valence-electron chi connectivity index (χ1n) is 6.48. The highest BCUT2D eigenvalue weighted by molar-refractivity contribution is 5.96. The Labute approximate surface area is 120 Å². The Balaban J connectivity index is 2.25. The number of ether oxygens (including phenoxy) is 1. The molecular formula is C13H16N2O6. The number of nitrogens with one attached hydrogen (secondary N) is 1. The van der Waals surface area contributed by atoms with Crippen molar-refractivity contribution in [1.82, 2.24) is 0 Å². The van der Waals surface area contributed by atoms with Gasteiger partial charge in [0.25, 0.3) is 5.69 Å². The van der Waals surface area contributed by atoms with Crippen LogP contribution in [0.15, 0.2) is 18.2 Å². The second-order valence-electron chi connectivity index (χ2n) is 4.95. The van der Waals surface area contributed by atoms with Crippen LogP contribution in [0.2, 0.25) is 0 Å². The van der Waals surface area contributed by atoms with Crippen LogP contribution in [0.5, 0.6) is 0 Å². The van der Waals surface area contributed by atoms with Crippen molar-refractivity contribution in [2.75, 3.05) is 25.1 Å². The summed E-state index contributed by atoms with van der Waals surface area (Å²) in [6, 6.07) is 3.82. The van der Waals surface area contributed by atoms with Crippen molar-refractivity contribution in [3.63, 3.8) is 0 Å². The Hall–Kier alpha value is -2.19. The third-order valence-corrected chi connectivity index (χ3v) is 3.49. The first-order valence-corrected chi connectivity index (χ1v) is 6.48. The van der Waals surface area contributed by atoms with Crippen molar-refractivity contribution in [1.29, 1.82) is 0 Å². The van der Waals surface area contributed by atoms with Gasteiger partial charge in [-0.1, -0.05) is 6.07 Å². The number of nitro groups is 1. The minimum Gasteiger partial charge on any atom is -0.478 e. The Morgan fingerprint density at radius 3 is 2.67 bits per heavy atom. The lowest BCUT2D eigenvalue weighted by molar-refractivity contribution is -0.384. The summed E-state index contributed by atoms with van der Waals surface area (Å²) >= 11 is 0. The number of hydrogen-bond donors (Lipinski definition) is 3. The van der Waals surface area contributed by atoms with Gasteiger partial charge >= 0.3 is 5.97 Å². The highest BCUT2D eigenvalue weighted by Gasteiger charge is 2.31. The molecular weight excluding hydrogens is 280 g/mol. The van der Waals surface area contributed by atoms with Crippen molar-refractivity contribution in [3.05, 3.63) is 33.9 Å². The monoisotopic (exact) mass is 296 g/mol. The number of nitrogens with zero attached hydrogens (tertiary/aromatic N) is 1. The normalized spacial score (nSPS) is 17.2. The van der Waals surface area contributed by atoms with Crippen molar-refractivity contribution in [2.45, 2.75) is 18.4 Å². The van der Waals surface area contributed by atoms with Gasteiger partial charge in [0.05, 0.1) is 16.1 Å². The van der Waals surface area contributed by atoms with Crippen LogP contribution in [-0.4, -0.2) is 46.5 Å². The molecule has 0 spiro atoms. The van der Waals surface area contributed by atoms with E-state index in [0.29, 0.717) is 26.1 Å². The molecule has 1 saturated heterocycles. The highest BCUT2D eigenvalue weighted by Crippen LogP contribution is 2.30. The molecule has 0 unspecified atom stereocenters. The Bertz CT molecular complexity index is 521. The van der Waals surface area contributed by atoms with Gasteiger partial charge in [0.1, 0.15) is 5.69 Å². The molecule has 0 saturated carbocycles. The number of carboxylic acid groups (broad SMARTS) is 1. The number of hydrogen-bond acceptors (Lipinski definition) is 6. The standard InChI is InChI=1S/C13H16N2O6/c16-12(17)9-2-1-3-10(15(19)20)11(9)14-8-13(18)4-6-21-7-5-13/h1-3,14,18H,4-8H2,(H,16,17). The number of aliphatic hydroxyl groups is 1. The molecule has 2 rings (SSSR count). The summed E-state index contributed by atoms with van der Waals surface area (Å²) in [5.41, 5.74) is -1.67. The smallest absolute Gasteiger partial charge is 0.338 e. The van der Waals surface area contributed by atoms with E-state index in [2.05, 4.69) is 5.32 Å². The second kappa shape index (κ2) is 6.06. The number of benzene rings is 1. The van der Waals surface area contributed by atoms with Crippen LogP contribution < -0.4 is 5.32 Å². The van der Waals surface area contributed by atoms with Gasteiger partial charge in [-0.25, -0.2) is 4.79 Å². The number of anilines is 1. The van der Waals surface area contributed by atoms with Crippen LogP contribution in [0.1, 0.15) is 23.2 Å². The van der Waals surface area contributed by atoms with Gasteiger partial charge in [0.2, 0.25) is 0 Å². The molecule has 1 aromatic carbocycles. The van der Waals surface area contributed by atoms with Gasteiger partial charge in [-0.3, -0.25) is 10.1 Å². The lowest BCUT2D eigenvalue weighted by Crippen LogP contribution is -2.42. The van der Waals surface area contributed by atoms with Gasteiger partial charge in [-0.15, -0.1) is 0 Å². The summed E-state index contributed by atoms with van der Waals surface area (Å²) in [5.74, 6) is -1.26. The summed E-state index contributed by atoms with van der Waals surface area (Å²) in [5, 5.41) is 33.2. The molecule has 0 bridgehead atoms. The van der Waals surface area contributed by atoms with E-state index in [1.165, 1.54) is 18.2 Å². The van der Waals surface area contributed by atoms with E-state index >= 15 is 0 Å². The molecule has 3 N–H and O–H groups in total. The number of carbonyl (C=O) groups is 1. The summed E-state index contributed by atoms with van der Waals surface area (Å²) < 4.78 is 5.15. The Morgan fingerprint density at radius 2 is 2.10 bits per heavy atom. The zero-order valence-corrected chi connectivity index (χ0v) is 11.2. The quantitative estimate of drug-likeness (QED) is 0.552. The maximum absolute atomic E-state index is 11.2. The largest absolute Gasteiger partial charge is 0.478 e. The van der Waals surface area contributed by atoms with Crippen molar-refractivity contribution in [3.8, 4) is 0 Å². The van der Waals surface area contributed by atoms with Gasteiger partial charge in [-0.2, -0.15) is 0 Å². The second-order valence-corrected chi connectivity index (χ2v) is 4.95. The first kappa shape index (κ1) is 15.2. The average Bonchev–Trinajstić information content (AvgIpc) is 2.45. The molecule has 1 heterocycles. The average molecular weight is 296 g/mol. The minimum absolute atomic E-state index is 0.0293. The third-order valence-electron chi connectivity index (χ3n) is 3.49. The summed E-state index contributed by atoms with van der Waals surface area (Å²) in [6.45, 7) is 0.837. The summed E-state index contributed by atoms with van der Waals surface area (Å²) in [7, 11) is 0. The van der Waals surface area contributed by atoms with Crippen molar-refractivity contribution < 1.29 is 24.7 Å². The van der Waals surface area contributed by atoms with Gasteiger partial charge in [0.15, 0.2) is 0 Å². The third kappa shape index (κ3) is 3.47. The van der Waals surface area contributed by atoms with Crippen LogP contribution in [0.4, 0.5) is 11.4 Å². The summed E-state index contributed by atoms with van der Waals surface area (Å²) in [6.07, 6.45) is 0.784. The zero-order valence-electron chi connectivity index (χ0n) is 11.2. The van der Waals surface area contributed by atoms with Crippen LogP contribution in [0.3, 0.4) is 0 Å². The Morgan fingerprint density at radius 1 is 1.43 bits per heavy atom. The van der Waals surface area contributed by atoms with E-state index in [1.54, 1.807) is 0 Å². The van der Waals surface area contributed by atoms with E-state index in [9.17, 15) is 20.0 Å². The first-order chi connectivity index (χ1) is 9.93. The van der Waals surface area contributed by atoms with Crippen LogP contribution in [0, 0.1) is 10.1 Å². The van der Waals surface area contributed by atoms with Crippen molar-refractivity contribution >= 4 is 17.3 Å². The molecule has 114 valence electrons. The van der Waals surface area contributed by atoms with Crippen LogP contribution in [0.25, 0.3) is 0 Å². The van der Waals surface area contributed by atoms with Crippen LogP contribution >= 0.6 is 0 Å². The van der Waals surface area contributed by atoms with Crippen molar-refractivity contribution in [2.24, 2.45) is 0 Å². The molecule has 1 aliphatic heterocycles. The fraction of sp³-hybridized carbons (Fsp3) is 0.462. The minimum atomic E-state index is -1.26. The number of carboxylic acids is 1. The van der Waals surface area contributed by atoms with E-state index in [0.717, 1.165) is 0 Å². The number of aromatic carboxylic acids is 1. The molecule has 1 aliphatic rings. The number of nitro benzene ring substituents is 1. The molecule has 0 atom stereocenters. The number of para-hydroxylation sites is 1. The molecule has 0 aromatic heterocycles. The lowest BCUT2D eigenvalue weighted by atomic mass is 9.94. The topological polar surface area (TPSA) is 122 Å². The fourth-order valence-corrected chi connectivity index (χ4v) is 2.24. The Kier molecular flexibility index (Phi) is 4.39. The fourth-order valence-electron chi connectivity index (χ4n) is 2.24. The predicted octanol–water partition coefficient (Wildman–Crippen LogP) is 1.25. The molecule has 0 radical (unpaired) electrons. The predicted molar refractivity (Wildman–Crippen MR) is 73.5 cm³/mol. The van der Waals surface area contributed by atoms with Crippen LogP contribution in [-0.2, 0) is 4.74 Å². The molecule has 21 heavy (non-hydrogen) atoms. The number of rotatable bonds is 5. The maximum atomic E-state index is 11.2. The molecule has 1 fully saturated rings. The maximum Gasteiger partial charge on any atom is 0.338 e. The molecule has 8 heteroatoms. The van der Waals surface area contributed by atoms with Gasteiger partial charge in [0, 0.05) is 38.7 Å². The van der Waals surface area contributed by atoms with Gasteiger partial charge < -0.3 is 20.3 Å². The van der Waals surface area contributed by atoms with Gasteiger partial charge in [-0.05, 0) is 6.07 Å². The van der Waals surface area contributed by atoms with E-state index in [4.69, 9.17) is 9.84 Å². The lowest BCUT2D eigenvalue weighted by Gasteiger charge is -2.32. The summed E-state index contributed by atoms with van der Waals surface area (Å²) in [4.78, 5) is 21.6. The molecule has 1 aromatic rings. The SMILES string of the molecule is O=C(O)c1cccc([N+](=O)[O-])c1NCC1(O)CCOCC1. The highest BCUT2D eigenvalue weighted by atomic mass is 16.6. The van der Waals surface area contributed by atoms with E-state index in [-0.39, 0.29) is 23.5 Å². The van der Waals surface area contributed by atoms with E-state index in [1.807, 2.05) is 0 Å². The molecule has 8 nitrogen and oxygen atoms in total. The molecule has 0 amide bonds. The zero-order chi connectivity index (χ0) is 15.5. The van der Waals surface area contributed by atoms with E-state index < -0.39 is 16.5 Å². The molecule has 0 aliphatic carbocycles.